The van der Waals surface area contributed by atoms with Gasteiger partial charge in [0.2, 0.25) is 0 Å². The number of hydrogen-bond donors (Lipinski definition) is 0. The zero-order chi connectivity index (χ0) is 13.4. The van der Waals surface area contributed by atoms with Crippen LogP contribution in [0, 0.1) is 0 Å². The van der Waals surface area contributed by atoms with Crippen LogP contribution in [0.25, 0.3) is 0 Å². The Labute approximate surface area is 125 Å². The largest absolute Gasteiger partial charge is 0.365 e. The van der Waals surface area contributed by atoms with Gasteiger partial charge < -0.3 is 4.90 Å². The van der Waals surface area contributed by atoms with Crippen LogP contribution in [0.1, 0.15) is 25.3 Å². The smallest absolute Gasteiger partial charge is 0.0642 e. The second-order valence-electron chi connectivity index (χ2n) is 5.71. The topological polar surface area (TPSA) is 6.48 Å². The van der Waals surface area contributed by atoms with Crippen LogP contribution in [-0.2, 0) is 5.88 Å². The Balaban J connectivity index is 1.84. The van der Waals surface area contributed by atoms with Crippen molar-refractivity contribution in [3.05, 3.63) is 28.8 Å². The molecule has 0 spiro atoms. The molecule has 1 aromatic rings. The van der Waals surface area contributed by atoms with E-state index in [0.717, 1.165) is 29.4 Å². The van der Waals surface area contributed by atoms with Crippen molar-refractivity contribution >= 4 is 28.9 Å². The number of nitrogens with zero attached hydrogens (tertiary/aromatic N) is 2. The summed E-state index contributed by atoms with van der Waals surface area (Å²) in [5, 5.41) is 0.830. The van der Waals surface area contributed by atoms with Crippen molar-refractivity contribution in [2.75, 3.05) is 24.5 Å². The molecule has 2 fully saturated rings. The van der Waals surface area contributed by atoms with Gasteiger partial charge in [-0.1, -0.05) is 17.7 Å². The molecule has 1 aromatic carbocycles. The second-order valence-corrected chi connectivity index (χ2v) is 6.39. The number of rotatable bonds is 2. The molecule has 3 rings (SSSR count). The molecule has 0 radical (unpaired) electrons. The van der Waals surface area contributed by atoms with E-state index < -0.39 is 0 Å². The Morgan fingerprint density at radius 1 is 1.32 bits per heavy atom. The molecule has 2 nitrogen and oxygen atoms in total. The fourth-order valence-electron chi connectivity index (χ4n) is 3.39. The fraction of sp³-hybridized carbons (Fsp3) is 0.600. The minimum Gasteiger partial charge on any atom is -0.365 e. The zero-order valence-corrected chi connectivity index (χ0v) is 12.8. The van der Waals surface area contributed by atoms with Gasteiger partial charge in [0.05, 0.1) is 10.7 Å². The number of anilines is 1. The summed E-state index contributed by atoms with van der Waals surface area (Å²) >= 11 is 12.3. The third kappa shape index (κ3) is 2.58. The first kappa shape index (κ1) is 13.5. The van der Waals surface area contributed by atoms with Crippen molar-refractivity contribution < 1.29 is 0 Å². The van der Waals surface area contributed by atoms with Gasteiger partial charge in [-0.05, 0) is 44.0 Å². The van der Waals surface area contributed by atoms with Crippen LogP contribution in [0.15, 0.2) is 18.2 Å². The molecule has 2 heterocycles. The van der Waals surface area contributed by atoms with Crippen molar-refractivity contribution in [3.8, 4) is 0 Å². The summed E-state index contributed by atoms with van der Waals surface area (Å²) in [6.45, 7) is 5.81. The average molecular weight is 299 g/mol. The van der Waals surface area contributed by atoms with Gasteiger partial charge in [0.25, 0.3) is 0 Å². The lowest BCUT2D eigenvalue weighted by Gasteiger charge is -2.44. The summed E-state index contributed by atoms with van der Waals surface area (Å²) < 4.78 is 0. The van der Waals surface area contributed by atoms with Crippen LogP contribution in [0.5, 0.6) is 0 Å². The van der Waals surface area contributed by atoms with Crippen molar-refractivity contribution in [1.82, 2.24) is 4.90 Å². The predicted octanol–water partition coefficient (Wildman–Crippen LogP) is 3.75. The normalized spacial score (nSPS) is 27.6. The van der Waals surface area contributed by atoms with E-state index in [1.165, 1.54) is 19.4 Å². The molecule has 2 atom stereocenters. The summed E-state index contributed by atoms with van der Waals surface area (Å²) in [7, 11) is 0. The van der Waals surface area contributed by atoms with Gasteiger partial charge in [-0.15, -0.1) is 11.6 Å². The monoisotopic (exact) mass is 298 g/mol. The van der Waals surface area contributed by atoms with E-state index in [0.29, 0.717) is 18.0 Å². The van der Waals surface area contributed by atoms with Crippen LogP contribution in [0.2, 0.25) is 5.02 Å². The first-order valence-corrected chi connectivity index (χ1v) is 7.95. The van der Waals surface area contributed by atoms with Gasteiger partial charge in [-0.3, -0.25) is 4.90 Å². The minimum atomic E-state index is 0.520. The lowest BCUT2D eigenvalue weighted by Crippen LogP contribution is -2.55. The van der Waals surface area contributed by atoms with Gasteiger partial charge in [0.1, 0.15) is 0 Å². The van der Waals surface area contributed by atoms with Crippen LogP contribution >= 0.6 is 23.2 Å². The first-order chi connectivity index (χ1) is 9.19. The Bertz CT molecular complexity index is 463. The standard InChI is InChI=1S/C15H20Cl2N2/c1-11-9-18-6-2-3-13(18)10-19(11)15-5-4-12(8-16)7-14(15)17/h4-5,7,11,13H,2-3,6,8-10H2,1H3. The first-order valence-electron chi connectivity index (χ1n) is 7.04. The lowest BCUT2D eigenvalue weighted by atomic mass is 10.1. The van der Waals surface area contributed by atoms with E-state index in [4.69, 9.17) is 23.2 Å². The summed E-state index contributed by atoms with van der Waals surface area (Å²) in [4.78, 5) is 5.09. The van der Waals surface area contributed by atoms with Gasteiger partial charge in [-0.2, -0.15) is 0 Å². The maximum Gasteiger partial charge on any atom is 0.0642 e. The average Bonchev–Trinajstić information content (AvgIpc) is 2.85. The van der Waals surface area contributed by atoms with E-state index >= 15 is 0 Å². The van der Waals surface area contributed by atoms with E-state index in [1.807, 2.05) is 6.07 Å². The molecule has 0 aliphatic carbocycles. The molecule has 4 heteroatoms. The number of fused-ring (bicyclic) bond motifs is 1. The molecular formula is C15H20Cl2N2. The zero-order valence-electron chi connectivity index (χ0n) is 11.3. The molecule has 2 saturated heterocycles. The number of halogens is 2. The molecule has 0 bridgehead atoms. The highest BCUT2D eigenvalue weighted by molar-refractivity contribution is 6.33. The van der Waals surface area contributed by atoms with Gasteiger partial charge in [-0.25, -0.2) is 0 Å². The van der Waals surface area contributed by atoms with E-state index in [1.54, 1.807) is 0 Å². The van der Waals surface area contributed by atoms with Gasteiger partial charge >= 0.3 is 0 Å². The van der Waals surface area contributed by atoms with Crippen LogP contribution in [0.3, 0.4) is 0 Å². The maximum absolute atomic E-state index is 6.44. The van der Waals surface area contributed by atoms with Gasteiger partial charge in [0, 0.05) is 31.1 Å². The third-order valence-electron chi connectivity index (χ3n) is 4.41. The molecule has 104 valence electrons. The van der Waals surface area contributed by atoms with Crippen LogP contribution in [0.4, 0.5) is 5.69 Å². The predicted molar refractivity (Wildman–Crippen MR) is 82.4 cm³/mol. The van der Waals surface area contributed by atoms with E-state index in [9.17, 15) is 0 Å². The fourth-order valence-corrected chi connectivity index (χ4v) is 3.87. The van der Waals surface area contributed by atoms with Crippen molar-refractivity contribution in [1.29, 1.82) is 0 Å². The molecule has 0 aromatic heterocycles. The number of benzene rings is 1. The van der Waals surface area contributed by atoms with Crippen LogP contribution < -0.4 is 4.90 Å². The Hall–Kier alpha value is -0.440. The molecule has 0 saturated carbocycles. The molecular weight excluding hydrogens is 279 g/mol. The molecule has 0 amide bonds. The van der Waals surface area contributed by atoms with Crippen LogP contribution in [-0.4, -0.2) is 36.6 Å². The van der Waals surface area contributed by atoms with Gasteiger partial charge in [0.15, 0.2) is 0 Å². The number of alkyl halides is 1. The highest BCUT2D eigenvalue weighted by Crippen LogP contribution is 2.33. The molecule has 19 heavy (non-hydrogen) atoms. The number of hydrogen-bond acceptors (Lipinski definition) is 2. The maximum atomic E-state index is 6.44. The van der Waals surface area contributed by atoms with Crippen molar-refractivity contribution in [2.24, 2.45) is 0 Å². The summed E-state index contributed by atoms with van der Waals surface area (Å²) in [6.07, 6.45) is 2.66. The second kappa shape index (κ2) is 5.51. The Morgan fingerprint density at radius 3 is 2.89 bits per heavy atom. The lowest BCUT2D eigenvalue weighted by molar-refractivity contribution is 0.203. The number of piperazine rings is 1. The SMILES string of the molecule is CC1CN2CCCC2CN1c1ccc(CCl)cc1Cl. The minimum absolute atomic E-state index is 0.520. The van der Waals surface area contributed by atoms with E-state index in [2.05, 4.69) is 28.9 Å². The van der Waals surface area contributed by atoms with Crippen molar-refractivity contribution in [2.45, 2.75) is 37.7 Å². The molecule has 2 unspecified atom stereocenters. The molecule has 2 aliphatic heterocycles. The highest BCUT2D eigenvalue weighted by atomic mass is 35.5. The van der Waals surface area contributed by atoms with E-state index in [-0.39, 0.29) is 0 Å². The Kier molecular flexibility index (Phi) is 3.93. The third-order valence-corrected chi connectivity index (χ3v) is 5.02. The Morgan fingerprint density at radius 2 is 2.16 bits per heavy atom. The summed E-state index contributed by atoms with van der Waals surface area (Å²) in [6, 6.07) is 7.44. The molecule has 0 N–H and O–H groups in total. The van der Waals surface area contributed by atoms with Crippen molar-refractivity contribution in [3.63, 3.8) is 0 Å². The molecule has 2 aliphatic rings. The summed E-state index contributed by atoms with van der Waals surface area (Å²) in [5.41, 5.74) is 2.25. The quantitative estimate of drug-likeness (QED) is 0.767. The summed E-state index contributed by atoms with van der Waals surface area (Å²) in [5.74, 6) is 0.520. The highest BCUT2D eigenvalue weighted by Gasteiger charge is 2.34.